The number of amides is 4. The number of fused-ring (bicyclic) bond motifs is 1. The molecule has 2 N–H and O–H groups in total. The van der Waals surface area contributed by atoms with E-state index in [2.05, 4.69) is 44.5 Å². The molecule has 10 nitrogen and oxygen atoms in total. The second-order valence-corrected chi connectivity index (χ2v) is 13.2. The van der Waals surface area contributed by atoms with Crippen molar-refractivity contribution in [2.75, 3.05) is 29.4 Å². The van der Waals surface area contributed by atoms with E-state index in [1.54, 1.807) is 23.1 Å². The minimum atomic E-state index is -0.371. The highest BCUT2D eigenvalue weighted by molar-refractivity contribution is 6.31. The Labute approximate surface area is 284 Å². The molecule has 48 heavy (non-hydrogen) atoms. The quantitative estimate of drug-likeness (QED) is 0.231. The lowest BCUT2D eigenvalue weighted by Gasteiger charge is -2.35. The van der Waals surface area contributed by atoms with Crippen molar-refractivity contribution in [2.45, 2.75) is 63.1 Å². The molecule has 3 heterocycles. The van der Waals surface area contributed by atoms with Crippen LogP contribution in [0.15, 0.2) is 72.9 Å². The van der Waals surface area contributed by atoms with Gasteiger partial charge in [-0.1, -0.05) is 17.7 Å². The van der Waals surface area contributed by atoms with Crippen molar-refractivity contribution in [2.24, 2.45) is 0 Å². The van der Waals surface area contributed by atoms with Crippen molar-refractivity contribution in [3.8, 4) is 11.8 Å². The molecular weight excluding hydrogens is 628 g/mol. The van der Waals surface area contributed by atoms with Gasteiger partial charge in [0.05, 0.1) is 27.9 Å². The van der Waals surface area contributed by atoms with Crippen LogP contribution in [0.1, 0.15) is 66.9 Å². The number of urea groups is 1. The maximum atomic E-state index is 13.1. The van der Waals surface area contributed by atoms with E-state index in [4.69, 9.17) is 21.6 Å². The van der Waals surface area contributed by atoms with Crippen LogP contribution in [0.5, 0.6) is 5.75 Å². The summed E-state index contributed by atoms with van der Waals surface area (Å²) < 4.78 is 8.41. The Bertz CT molecular complexity index is 1880. The first kappa shape index (κ1) is 31.6. The van der Waals surface area contributed by atoms with Crippen LogP contribution in [0.25, 0.3) is 10.9 Å². The number of benzene rings is 3. The molecule has 1 aliphatic carbocycles. The zero-order valence-corrected chi connectivity index (χ0v) is 27.3. The van der Waals surface area contributed by atoms with Gasteiger partial charge in [0.25, 0.3) is 5.91 Å². The van der Waals surface area contributed by atoms with E-state index in [-0.39, 0.29) is 30.0 Å². The Balaban J connectivity index is 0.904. The second-order valence-electron chi connectivity index (χ2n) is 12.8. The average molecular weight is 665 g/mol. The molecule has 1 aromatic heterocycles. The summed E-state index contributed by atoms with van der Waals surface area (Å²) in [7, 11) is 0. The van der Waals surface area contributed by atoms with Crippen molar-refractivity contribution in [3.63, 3.8) is 0 Å². The minimum Gasteiger partial charge on any atom is -0.490 e. The number of rotatable bonds is 7. The molecule has 0 atom stereocenters. The number of carbonyl (C=O) groups is 3. The van der Waals surface area contributed by atoms with Crippen LogP contribution in [0.3, 0.4) is 0 Å². The molecule has 2 saturated heterocycles. The fourth-order valence-electron chi connectivity index (χ4n) is 7.19. The first-order chi connectivity index (χ1) is 23.4. The smallest absolute Gasteiger partial charge is 0.328 e. The van der Waals surface area contributed by atoms with E-state index in [1.165, 1.54) is 0 Å². The number of imide groups is 1. The van der Waals surface area contributed by atoms with Crippen molar-refractivity contribution in [1.82, 2.24) is 15.2 Å². The fraction of sp³-hybridized carbons (Fsp3) is 0.351. The van der Waals surface area contributed by atoms with Crippen molar-refractivity contribution in [3.05, 3.63) is 89.1 Å². The summed E-state index contributed by atoms with van der Waals surface area (Å²) in [6, 6.07) is 23.2. The summed E-state index contributed by atoms with van der Waals surface area (Å²) >= 11 is 6.14. The molecule has 246 valence electrons. The Hall–Kier alpha value is -5.01. The Morgan fingerprint density at radius 3 is 2.42 bits per heavy atom. The van der Waals surface area contributed by atoms with Gasteiger partial charge in [0.2, 0.25) is 5.91 Å². The van der Waals surface area contributed by atoms with Crippen LogP contribution < -0.4 is 25.2 Å². The normalized spacial score (nSPS) is 20.3. The lowest BCUT2D eigenvalue weighted by Crippen LogP contribution is -2.49. The van der Waals surface area contributed by atoms with Gasteiger partial charge in [-0.05, 0) is 93.1 Å². The third kappa shape index (κ3) is 6.56. The molecular formula is C37H37ClN6O4. The molecule has 3 aliphatic rings. The van der Waals surface area contributed by atoms with E-state index in [9.17, 15) is 14.4 Å². The number of nitriles is 1. The zero-order chi connectivity index (χ0) is 33.2. The summed E-state index contributed by atoms with van der Waals surface area (Å²) in [6.45, 7) is 2.17. The lowest BCUT2D eigenvalue weighted by atomic mass is 9.92. The van der Waals surface area contributed by atoms with Crippen LogP contribution in [-0.2, 0) is 4.79 Å². The number of piperidine rings is 1. The van der Waals surface area contributed by atoms with Crippen molar-refractivity contribution < 1.29 is 19.1 Å². The number of hydrogen-bond donors (Lipinski definition) is 2. The molecule has 4 aromatic rings. The summed E-state index contributed by atoms with van der Waals surface area (Å²) in [5, 5.41) is 16.1. The predicted octanol–water partition coefficient (Wildman–Crippen LogP) is 6.57. The molecule has 2 aliphatic heterocycles. The first-order valence-electron chi connectivity index (χ1n) is 16.6. The molecule has 0 spiro atoms. The molecule has 3 fully saturated rings. The van der Waals surface area contributed by atoms with Crippen molar-refractivity contribution >= 4 is 51.7 Å². The van der Waals surface area contributed by atoms with Gasteiger partial charge in [-0.2, -0.15) is 5.26 Å². The number of ether oxygens (including phenoxy) is 1. The van der Waals surface area contributed by atoms with Gasteiger partial charge in [-0.3, -0.25) is 19.8 Å². The molecule has 4 amide bonds. The molecule has 0 bridgehead atoms. The topological polar surface area (TPSA) is 120 Å². The predicted molar refractivity (Wildman–Crippen MR) is 185 cm³/mol. The third-order valence-corrected chi connectivity index (χ3v) is 10.1. The number of aromatic nitrogens is 1. The highest BCUT2D eigenvalue weighted by atomic mass is 35.5. The Kier molecular flexibility index (Phi) is 8.96. The summed E-state index contributed by atoms with van der Waals surface area (Å²) in [5.74, 6) is 0.365. The van der Waals surface area contributed by atoms with E-state index in [0.29, 0.717) is 40.9 Å². The Morgan fingerprint density at radius 2 is 1.71 bits per heavy atom. The number of nitrogens with one attached hydrogen (secondary N) is 2. The van der Waals surface area contributed by atoms with Crippen LogP contribution in [0, 0.1) is 11.3 Å². The molecule has 0 radical (unpaired) electrons. The van der Waals surface area contributed by atoms with Gasteiger partial charge >= 0.3 is 6.03 Å². The average Bonchev–Trinajstić information content (AvgIpc) is 3.54. The highest BCUT2D eigenvalue weighted by Gasteiger charge is 2.28. The van der Waals surface area contributed by atoms with Crippen LogP contribution in [0.2, 0.25) is 5.02 Å². The molecule has 11 heteroatoms. The molecule has 0 unspecified atom stereocenters. The summed E-state index contributed by atoms with van der Waals surface area (Å²) in [5.41, 5.74) is 4.10. The Morgan fingerprint density at radius 1 is 0.938 bits per heavy atom. The van der Waals surface area contributed by atoms with E-state index < -0.39 is 0 Å². The summed E-state index contributed by atoms with van der Waals surface area (Å²) in [4.78, 5) is 41.2. The van der Waals surface area contributed by atoms with E-state index in [0.717, 1.165) is 73.9 Å². The van der Waals surface area contributed by atoms with E-state index >= 15 is 0 Å². The van der Waals surface area contributed by atoms with Crippen LogP contribution in [-0.4, -0.2) is 54.2 Å². The first-order valence-corrected chi connectivity index (χ1v) is 17.0. The minimum absolute atomic E-state index is 0.0510. The van der Waals surface area contributed by atoms with Crippen LogP contribution in [0.4, 0.5) is 16.2 Å². The van der Waals surface area contributed by atoms with Gasteiger partial charge in [0.15, 0.2) is 0 Å². The monoisotopic (exact) mass is 664 g/mol. The number of anilines is 2. The number of carbonyl (C=O) groups excluding carboxylic acids is 3. The lowest BCUT2D eigenvalue weighted by molar-refractivity contribution is -0.120. The SMILES string of the molecule is N#Cc1ccc(OC2CCC(NC(=O)c3ccc(N4CCC(n5ccc6c(N7CCC(=O)NC7=O)cccc65)CC4)cc3)CC2)cc1Cl. The van der Waals surface area contributed by atoms with Gasteiger partial charge in [0.1, 0.15) is 11.8 Å². The maximum absolute atomic E-state index is 13.1. The zero-order valence-electron chi connectivity index (χ0n) is 26.5. The van der Waals surface area contributed by atoms with Crippen molar-refractivity contribution in [1.29, 1.82) is 5.26 Å². The second kappa shape index (κ2) is 13.6. The van der Waals surface area contributed by atoms with E-state index in [1.807, 2.05) is 36.4 Å². The molecule has 3 aromatic carbocycles. The molecule has 1 saturated carbocycles. The maximum Gasteiger partial charge on any atom is 0.328 e. The van der Waals surface area contributed by atoms with Gasteiger partial charge in [-0.25, -0.2) is 4.79 Å². The van der Waals surface area contributed by atoms with Crippen LogP contribution >= 0.6 is 11.6 Å². The largest absolute Gasteiger partial charge is 0.490 e. The summed E-state index contributed by atoms with van der Waals surface area (Å²) in [6.07, 6.45) is 7.72. The highest BCUT2D eigenvalue weighted by Crippen LogP contribution is 2.34. The van der Waals surface area contributed by atoms with Gasteiger partial charge < -0.3 is 19.5 Å². The van der Waals surface area contributed by atoms with Gasteiger partial charge in [0, 0.05) is 67.0 Å². The van der Waals surface area contributed by atoms with Gasteiger partial charge in [-0.15, -0.1) is 0 Å². The number of nitrogens with zero attached hydrogens (tertiary/aromatic N) is 4. The fourth-order valence-corrected chi connectivity index (χ4v) is 7.40. The third-order valence-electron chi connectivity index (χ3n) is 9.81. The number of halogens is 1. The standard InChI is InChI=1S/C37H37ClN6O4/c38-32-22-30(11-6-25(32)23-39)48-29-12-7-26(8-13-29)40-36(46)24-4-9-27(10-5-24)42-18-14-28(15-19-42)43-20-16-31-33(43)2-1-3-34(31)44-21-17-35(45)41-37(44)47/h1-6,9-11,16,20,22,26,28-29H,7-8,12-15,17-19,21H2,(H,40,46)(H,41,45,47). The number of hydrogen-bond acceptors (Lipinski definition) is 6. The molecule has 7 rings (SSSR count).